The Morgan fingerprint density at radius 2 is 2.18 bits per heavy atom. The average molecular weight is 321 g/mol. The van der Waals surface area contributed by atoms with E-state index in [9.17, 15) is 4.21 Å². The van der Waals surface area contributed by atoms with Crippen molar-refractivity contribution in [2.24, 2.45) is 0 Å². The highest BCUT2D eigenvalue weighted by atomic mass is 32.2. The number of ether oxygens (including phenoxy) is 1. The van der Waals surface area contributed by atoms with Gasteiger partial charge in [0.2, 0.25) is 0 Å². The number of imidazole rings is 1. The van der Waals surface area contributed by atoms with Crippen molar-refractivity contribution in [2.45, 2.75) is 24.3 Å². The number of aromatic amines is 1. The molecule has 6 heteroatoms. The van der Waals surface area contributed by atoms with E-state index in [2.05, 4.69) is 27.4 Å². The van der Waals surface area contributed by atoms with Crippen LogP contribution in [0, 0.1) is 0 Å². The monoisotopic (exact) mass is 321 g/mol. The molecular formula is C16H23N3O2S. The number of rotatable bonds is 10. The van der Waals surface area contributed by atoms with E-state index in [1.807, 2.05) is 19.1 Å². The molecule has 22 heavy (non-hydrogen) atoms. The molecule has 1 aromatic heterocycles. The molecule has 0 fully saturated rings. The predicted molar refractivity (Wildman–Crippen MR) is 88.2 cm³/mol. The van der Waals surface area contributed by atoms with Gasteiger partial charge in [0.1, 0.15) is 0 Å². The van der Waals surface area contributed by atoms with Crippen LogP contribution < -0.4 is 5.32 Å². The lowest BCUT2D eigenvalue weighted by Crippen LogP contribution is -2.22. The van der Waals surface area contributed by atoms with Crippen LogP contribution in [0.3, 0.4) is 0 Å². The van der Waals surface area contributed by atoms with Gasteiger partial charge >= 0.3 is 0 Å². The summed E-state index contributed by atoms with van der Waals surface area (Å²) in [4.78, 5) is 6.94. The van der Waals surface area contributed by atoms with Gasteiger partial charge in [0, 0.05) is 25.5 Å². The first-order chi connectivity index (χ1) is 10.8. The molecule has 0 saturated heterocycles. The molecular weight excluding hydrogens is 298 g/mol. The highest BCUT2D eigenvalue weighted by Crippen LogP contribution is 2.11. The van der Waals surface area contributed by atoms with Gasteiger partial charge in [0.25, 0.3) is 0 Å². The Labute approximate surface area is 134 Å². The minimum absolute atomic E-state index is 0.485. The third kappa shape index (κ3) is 5.71. The van der Waals surface area contributed by atoms with Crippen LogP contribution in [0.4, 0.5) is 0 Å². The minimum atomic E-state index is -1.12. The first kappa shape index (κ1) is 16.9. The Bertz CT molecular complexity index is 573. The Balaban J connectivity index is 1.78. The van der Waals surface area contributed by atoms with Gasteiger partial charge in [-0.1, -0.05) is 24.3 Å². The Hall–Kier alpha value is -1.50. The van der Waals surface area contributed by atoms with E-state index >= 15 is 0 Å². The van der Waals surface area contributed by atoms with E-state index in [1.54, 1.807) is 12.4 Å². The number of H-pyrrole nitrogens is 1. The molecule has 0 amide bonds. The predicted octanol–water partition coefficient (Wildman–Crippen LogP) is 1.89. The number of hydrogen-bond acceptors (Lipinski definition) is 4. The van der Waals surface area contributed by atoms with Crippen LogP contribution in [0.5, 0.6) is 0 Å². The SMILES string of the molecule is CCOCCNCCc1cccc(CS(=O)c2ncc[nH]2)c1. The second-order valence-corrected chi connectivity index (χ2v) is 6.27. The molecule has 5 nitrogen and oxygen atoms in total. The summed E-state index contributed by atoms with van der Waals surface area (Å²) in [6, 6.07) is 8.24. The summed E-state index contributed by atoms with van der Waals surface area (Å²) in [5.74, 6) is 0.485. The number of nitrogens with zero attached hydrogens (tertiary/aromatic N) is 1. The van der Waals surface area contributed by atoms with Crippen molar-refractivity contribution in [1.82, 2.24) is 15.3 Å². The molecule has 0 aliphatic heterocycles. The van der Waals surface area contributed by atoms with Gasteiger partial charge in [-0.3, -0.25) is 4.21 Å². The lowest BCUT2D eigenvalue weighted by molar-refractivity contribution is 0.149. The Morgan fingerprint density at radius 3 is 2.95 bits per heavy atom. The molecule has 0 bridgehead atoms. The van der Waals surface area contributed by atoms with E-state index in [0.717, 1.165) is 38.3 Å². The van der Waals surface area contributed by atoms with Crippen molar-refractivity contribution < 1.29 is 8.95 Å². The van der Waals surface area contributed by atoms with Gasteiger partial charge in [-0.05, 0) is 31.0 Å². The van der Waals surface area contributed by atoms with Crippen molar-refractivity contribution in [3.63, 3.8) is 0 Å². The summed E-state index contributed by atoms with van der Waals surface area (Å²) in [5, 5.41) is 3.88. The standard InChI is InChI=1S/C16H23N3O2S/c1-2-21-11-10-17-7-6-14-4-3-5-15(12-14)13-22(20)16-18-8-9-19-16/h3-5,8-9,12,17H,2,6-7,10-11,13H2,1H3,(H,18,19). The van der Waals surface area contributed by atoms with Crippen LogP contribution in [0.25, 0.3) is 0 Å². The van der Waals surface area contributed by atoms with Crippen molar-refractivity contribution in [1.29, 1.82) is 0 Å². The van der Waals surface area contributed by atoms with E-state index in [4.69, 9.17) is 4.74 Å². The Kier molecular flexibility index (Phi) is 7.28. The molecule has 0 radical (unpaired) electrons. The maximum absolute atomic E-state index is 12.1. The minimum Gasteiger partial charge on any atom is -0.380 e. The van der Waals surface area contributed by atoms with Crippen molar-refractivity contribution in [2.75, 3.05) is 26.3 Å². The van der Waals surface area contributed by atoms with Crippen LogP contribution in [-0.2, 0) is 27.7 Å². The first-order valence-electron chi connectivity index (χ1n) is 7.53. The fourth-order valence-corrected chi connectivity index (χ4v) is 3.11. The van der Waals surface area contributed by atoms with Crippen LogP contribution in [0.15, 0.2) is 41.8 Å². The van der Waals surface area contributed by atoms with E-state index in [-0.39, 0.29) is 0 Å². The summed E-state index contributed by atoms with van der Waals surface area (Å²) in [6.07, 6.45) is 4.27. The number of hydrogen-bond donors (Lipinski definition) is 2. The zero-order valence-electron chi connectivity index (χ0n) is 12.9. The fraction of sp³-hybridized carbons (Fsp3) is 0.438. The zero-order valence-corrected chi connectivity index (χ0v) is 13.7. The van der Waals surface area contributed by atoms with E-state index in [1.165, 1.54) is 5.56 Å². The lowest BCUT2D eigenvalue weighted by atomic mass is 10.1. The summed E-state index contributed by atoms with van der Waals surface area (Å²) in [6.45, 7) is 5.29. The molecule has 0 aliphatic rings. The van der Waals surface area contributed by atoms with Gasteiger partial charge in [-0.2, -0.15) is 0 Å². The number of nitrogens with one attached hydrogen (secondary N) is 2. The molecule has 1 heterocycles. The van der Waals surface area contributed by atoms with Gasteiger partial charge in [0.15, 0.2) is 5.16 Å². The van der Waals surface area contributed by atoms with Crippen molar-refractivity contribution in [3.8, 4) is 0 Å². The molecule has 1 aromatic carbocycles. The maximum atomic E-state index is 12.1. The molecule has 0 aliphatic carbocycles. The molecule has 0 saturated carbocycles. The van der Waals surface area contributed by atoms with Crippen LogP contribution >= 0.6 is 0 Å². The summed E-state index contributed by atoms with van der Waals surface area (Å²) >= 11 is 0. The van der Waals surface area contributed by atoms with Gasteiger partial charge in [-0.25, -0.2) is 4.98 Å². The molecule has 0 spiro atoms. The topological polar surface area (TPSA) is 67.0 Å². The first-order valence-corrected chi connectivity index (χ1v) is 8.85. The highest BCUT2D eigenvalue weighted by molar-refractivity contribution is 7.84. The van der Waals surface area contributed by atoms with Crippen molar-refractivity contribution in [3.05, 3.63) is 47.8 Å². The number of aromatic nitrogens is 2. The smallest absolute Gasteiger partial charge is 0.196 e. The van der Waals surface area contributed by atoms with Crippen molar-refractivity contribution >= 4 is 10.8 Å². The van der Waals surface area contributed by atoms with Gasteiger partial charge in [0.05, 0.1) is 23.2 Å². The average Bonchev–Trinajstić information content (AvgIpc) is 3.06. The second kappa shape index (κ2) is 9.50. The third-order valence-corrected chi connectivity index (χ3v) is 4.45. The summed E-state index contributed by atoms with van der Waals surface area (Å²) in [5.41, 5.74) is 2.32. The molecule has 2 aromatic rings. The molecule has 1 atom stereocenters. The zero-order chi connectivity index (χ0) is 15.6. The highest BCUT2D eigenvalue weighted by Gasteiger charge is 2.07. The van der Waals surface area contributed by atoms with E-state index in [0.29, 0.717) is 10.9 Å². The molecule has 2 rings (SSSR count). The van der Waals surface area contributed by atoms with Crippen LogP contribution in [0.2, 0.25) is 0 Å². The van der Waals surface area contributed by atoms with Crippen LogP contribution in [0.1, 0.15) is 18.1 Å². The summed E-state index contributed by atoms with van der Waals surface area (Å²) < 4.78 is 17.4. The largest absolute Gasteiger partial charge is 0.380 e. The van der Waals surface area contributed by atoms with E-state index < -0.39 is 10.8 Å². The summed E-state index contributed by atoms with van der Waals surface area (Å²) in [7, 11) is -1.12. The molecule has 1 unspecified atom stereocenters. The maximum Gasteiger partial charge on any atom is 0.196 e. The second-order valence-electron chi connectivity index (χ2n) is 4.90. The molecule has 2 N–H and O–H groups in total. The quantitative estimate of drug-likeness (QED) is 0.656. The molecule has 120 valence electrons. The van der Waals surface area contributed by atoms with Gasteiger partial charge < -0.3 is 15.0 Å². The third-order valence-electron chi connectivity index (χ3n) is 3.20. The van der Waals surface area contributed by atoms with Gasteiger partial charge in [-0.15, -0.1) is 0 Å². The Morgan fingerprint density at radius 1 is 1.32 bits per heavy atom. The fourth-order valence-electron chi connectivity index (χ4n) is 2.12. The normalized spacial score (nSPS) is 12.4. The van der Waals surface area contributed by atoms with Crippen LogP contribution in [-0.4, -0.2) is 40.5 Å². The number of benzene rings is 1. The lowest BCUT2D eigenvalue weighted by Gasteiger charge is -2.07.